The minimum Gasteiger partial charge on any atom is -0.588 e. The van der Waals surface area contributed by atoms with Gasteiger partial charge in [-0.2, -0.15) is 0 Å². The molecule has 4 heteroatoms. The summed E-state index contributed by atoms with van der Waals surface area (Å²) in [6, 6.07) is 8.99. The maximum atomic E-state index is 6.80. The van der Waals surface area contributed by atoms with Crippen molar-refractivity contribution in [2.45, 2.75) is 119 Å². The summed E-state index contributed by atoms with van der Waals surface area (Å²) in [5.41, 5.74) is 6.94. The van der Waals surface area contributed by atoms with E-state index in [9.17, 15) is 0 Å². The zero-order valence-corrected chi connectivity index (χ0v) is 26.3. The quantitative estimate of drug-likeness (QED) is 0.388. The van der Waals surface area contributed by atoms with E-state index >= 15 is 0 Å². The summed E-state index contributed by atoms with van der Waals surface area (Å²) >= 11 is -2.60. The number of benzene rings is 2. The lowest BCUT2D eigenvalue weighted by atomic mass is 9.78. The van der Waals surface area contributed by atoms with Gasteiger partial charge in [0.15, 0.2) is 0 Å². The van der Waals surface area contributed by atoms with Crippen LogP contribution < -0.4 is 7.58 Å². The number of hydrogen-bond acceptors (Lipinski definition) is 3. The van der Waals surface area contributed by atoms with Crippen LogP contribution in [0.4, 0.5) is 0 Å². The standard InChI is InChI=1S/2C15H24O.CH3O.Al/c2*1-10-8-11(14(2,3)4)13(16)12(9-10)15(5,6)7;1-2;/h2*8-9,16H,1-7H3;1H3;/q;;-1;+3/p-2. The van der Waals surface area contributed by atoms with Crippen molar-refractivity contribution in [2.75, 3.05) is 7.11 Å². The van der Waals surface area contributed by atoms with Gasteiger partial charge in [0, 0.05) is 7.11 Å². The normalized spacial score (nSPS) is 13.1. The van der Waals surface area contributed by atoms with Crippen LogP contribution in [0.1, 0.15) is 116 Å². The molecule has 0 atom stereocenters. The zero-order valence-electron chi connectivity index (χ0n) is 25.1. The molecule has 0 aliphatic rings. The van der Waals surface area contributed by atoms with Crippen molar-refractivity contribution in [3.8, 4) is 11.5 Å². The highest BCUT2D eigenvalue weighted by molar-refractivity contribution is 6.38. The Morgan fingerprint density at radius 3 is 0.886 bits per heavy atom. The van der Waals surface area contributed by atoms with Crippen LogP contribution in [0.3, 0.4) is 0 Å². The molecule has 0 heterocycles. The van der Waals surface area contributed by atoms with E-state index in [0.29, 0.717) is 0 Å². The lowest BCUT2D eigenvalue weighted by Gasteiger charge is -2.33. The molecule has 3 nitrogen and oxygen atoms in total. The van der Waals surface area contributed by atoms with Crippen LogP contribution >= 0.6 is 0 Å². The highest BCUT2D eigenvalue weighted by atomic mass is 27.3. The van der Waals surface area contributed by atoms with Gasteiger partial charge in [-0.15, -0.1) is 0 Å². The number of hydrogen-bond donors (Lipinski definition) is 0. The summed E-state index contributed by atoms with van der Waals surface area (Å²) in [6.07, 6.45) is 0. The molecule has 0 unspecified atom stereocenters. The second-order valence-electron chi connectivity index (χ2n) is 14.1. The van der Waals surface area contributed by atoms with Gasteiger partial charge >= 0.3 is 15.1 Å². The maximum Gasteiger partial charge on any atom is 1.10 e. The molecule has 0 amide bonds. The Labute approximate surface area is 221 Å². The molecule has 0 bridgehead atoms. The summed E-state index contributed by atoms with van der Waals surface area (Å²) in [5, 5.41) is 0. The van der Waals surface area contributed by atoms with Crippen molar-refractivity contribution in [2.24, 2.45) is 0 Å². The van der Waals surface area contributed by atoms with Crippen LogP contribution in [0.25, 0.3) is 0 Å². The van der Waals surface area contributed by atoms with Gasteiger partial charge in [-0.1, -0.05) is 118 Å². The lowest BCUT2D eigenvalue weighted by Crippen LogP contribution is -2.36. The summed E-state index contributed by atoms with van der Waals surface area (Å²) in [6.45, 7) is 31.2. The van der Waals surface area contributed by atoms with Crippen LogP contribution in [0.15, 0.2) is 24.3 Å². The van der Waals surface area contributed by atoms with Crippen molar-refractivity contribution in [3.05, 3.63) is 57.6 Å². The molecule has 35 heavy (non-hydrogen) atoms. The fourth-order valence-electron chi connectivity index (χ4n) is 4.34. The van der Waals surface area contributed by atoms with E-state index in [2.05, 4.69) is 121 Å². The van der Waals surface area contributed by atoms with Gasteiger partial charge in [0.2, 0.25) is 0 Å². The van der Waals surface area contributed by atoms with E-state index < -0.39 is 15.1 Å². The third-order valence-electron chi connectivity index (χ3n) is 6.32. The van der Waals surface area contributed by atoms with E-state index in [1.165, 1.54) is 33.4 Å². The molecule has 0 N–H and O–H groups in total. The van der Waals surface area contributed by atoms with Gasteiger partial charge in [0.05, 0.1) is 11.5 Å². The van der Waals surface area contributed by atoms with E-state index in [0.717, 1.165) is 11.5 Å². The third-order valence-corrected chi connectivity index (χ3v) is 7.56. The average molecular weight is 497 g/mol. The molecule has 194 valence electrons. The molecule has 2 aromatic rings. The van der Waals surface area contributed by atoms with Crippen molar-refractivity contribution < 1.29 is 11.4 Å². The smallest absolute Gasteiger partial charge is 0.588 e. The molecule has 2 rings (SSSR count). The second kappa shape index (κ2) is 10.1. The Bertz CT molecular complexity index is 887. The second-order valence-corrected chi connectivity index (χ2v) is 15.7. The van der Waals surface area contributed by atoms with Crippen LogP contribution in [0, 0.1) is 13.8 Å². The first kappa shape index (κ1) is 29.8. The van der Waals surface area contributed by atoms with Gasteiger partial charge in [-0.3, -0.25) is 0 Å². The minimum atomic E-state index is -2.60. The summed E-state index contributed by atoms with van der Waals surface area (Å²) in [7, 11) is 1.71. The molecule has 0 fully saturated rings. The fourth-order valence-corrected chi connectivity index (χ4v) is 5.47. The van der Waals surface area contributed by atoms with Crippen LogP contribution in [0.5, 0.6) is 11.5 Å². The predicted octanol–water partition coefficient (Wildman–Crippen LogP) is 8.58. The molecule has 0 radical (unpaired) electrons. The van der Waals surface area contributed by atoms with Gasteiger partial charge in [0.25, 0.3) is 0 Å². The first-order valence-electron chi connectivity index (χ1n) is 12.8. The van der Waals surface area contributed by atoms with Gasteiger partial charge in [-0.05, 0) is 57.8 Å². The summed E-state index contributed by atoms with van der Waals surface area (Å²) < 4.78 is 19.6. The number of rotatable bonds is 5. The van der Waals surface area contributed by atoms with E-state index in [4.69, 9.17) is 11.4 Å². The van der Waals surface area contributed by atoms with E-state index in [1.807, 2.05) is 0 Å². The van der Waals surface area contributed by atoms with Gasteiger partial charge < -0.3 is 11.4 Å². The van der Waals surface area contributed by atoms with E-state index in [1.54, 1.807) is 7.11 Å². The molecule has 2 aromatic carbocycles. The first-order valence-corrected chi connectivity index (χ1v) is 14.2. The molecule has 0 aliphatic carbocycles. The lowest BCUT2D eigenvalue weighted by molar-refractivity contribution is 0.239. The Morgan fingerprint density at radius 2 is 0.714 bits per heavy atom. The third kappa shape index (κ3) is 7.28. The van der Waals surface area contributed by atoms with Crippen LogP contribution in [-0.4, -0.2) is 22.3 Å². The van der Waals surface area contributed by atoms with Crippen LogP contribution in [-0.2, 0) is 25.4 Å². The summed E-state index contributed by atoms with van der Waals surface area (Å²) in [4.78, 5) is 0. The van der Waals surface area contributed by atoms with Crippen molar-refractivity contribution in [1.82, 2.24) is 0 Å². The van der Waals surface area contributed by atoms with Gasteiger partial charge in [0.1, 0.15) is 0 Å². The molecule has 0 saturated carbocycles. The molecule has 0 spiro atoms. The Balaban J connectivity index is 2.72. The van der Waals surface area contributed by atoms with Crippen molar-refractivity contribution in [1.29, 1.82) is 0 Å². The minimum absolute atomic E-state index is 0.0783. The van der Waals surface area contributed by atoms with Crippen LogP contribution in [0.2, 0.25) is 0 Å². The SMILES string of the molecule is C[O][Al]([O]c1c(C(C)(C)C)cc(C)cc1C(C)(C)C)[O]c1c(C(C)(C)C)cc(C)cc1C(C)(C)C. The number of aryl methyl sites for hydroxylation is 2. The van der Waals surface area contributed by atoms with Crippen molar-refractivity contribution >= 4 is 15.1 Å². The fraction of sp³-hybridized carbons (Fsp3) is 0.613. The molecule has 0 aromatic heterocycles. The first-order chi connectivity index (χ1) is 15.7. The molecular weight excluding hydrogens is 447 g/mol. The van der Waals surface area contributed by atoms with Gasteiger partial charge in [-0.25, -0.2) is 0 Å². The predicted molar refractivity (Wildman–Crippen MR) is 151 cm³/mol. The van der Waals surface area contributed by atoms with Crippen molar-refractivity contribution in [3.63, 3.8) is 0 Å². The van der Waals surface area contributed by atoms with E-state index in [-0.39, 0.29) is 21.7 Å². The topological polar surface area (TPSA) is 27.7 Å². The maximum absolute atomic E-state index is 6.80. The Hall–Kier alpha value is -1.47. The molecule has 0 aliphatic heterocycles. The zero-order chi connectivity index (χ0) is 27.1. The Kier molecular flexibility index (Phi) is 8.61. The largest absolute Gasteiger partial charge is 1.10 e. The molecular formula is C31H49AlO3. The Morgan fingerprint density at radius 1 is 0.486 bits per heavy atom. The molecule has 0 saturated heterocycles. The highest BCUT2D eigenvalue weighted by Crippen LogP contribution is 2.43. The monoisotopic (exact) mass is 496 g/mol. The highest BCUT2D eigenvalue weighted by Gasteiger charge is 2.43. The average Bonchev–Trinajstić information content (AvgIpc) is 2.65. The summed E-state index contributed by atoms with van der Waals surface area (Å²) in [5.74, 6) is 1.83.